The van der Waals surface area contributed by atoms with Gasteiger partial charge >= 0.3 is 0 Å². The van der Waals surface area contributed by atoms with Gasteiger partial charge in [-0.2, -0.15) is 0 Å². The van der Waals surface area contributed by atoms with Crippen LogP contribution < -0.4 is 0 Å². The third-order valence-electron chi connectivity index (χ3n) is 27.4. The summed E-state index contributed by atoms with van der Waals surface area (Å²) in [6, 6.07) is 162. The van der Waals surface area contributed by atoms with Gasteiger partial charge in [-0.1, -0.05) is 299 Å². The van der Waals surface area contributed by atoms with Gasteiger partial charge in [-0.3, -0.25) is 0 Å². The molecule has 0 saturated carbocycles. The molecule has 27 rings (SSSR count). The Labute approximate surface area is 755 Å². The second-order valence-electron chi connectivity index (χ2n) is 35.1. The maximum Gasteiger partial charge on any atom is 0.160 e. The van der Waals surface area contributed by atoms with E-state index < -0.39 is 0 Å². The van der Waals surface area contributed by atoms with Crippen LogP contribution in [0.3, 0.4) is 0 Å². The highest BCUT2D eigenvalue weighted by Gasteiger charge is 2.36. The standard InChI is InChI=1S/C63H42N4.C60H38N4/c1-63(2)53-21-11-8-18-47(53)48-32-26-43(38-54(48)63)61-50-20-9-12-22-55(50)64-62(65-61)40-24-30-45(31-25-40)67-58-34-29-42(37-52(58)60-46-17-7-6-14-39(46)27-35-59(60)67)41-28-33-57-51(36-41)49-19-10-13-23-56(49)66(57)44-15-4-3-5-16-44;1-3-13-39(14-4-1)40-23-25-42(26-24-40)59-50-20-9-11-21-53(50)61-60(62-59)43-27-32-47(33-28-43)64-56-35-31-45(38-52(56)58-48-18-8-7-15-41(48)29-36-57(58)64)44-30-34-55-51(37-44)49-19-10-12-22-54(49)63(55)46-16-5-2-6-17-46/h3-38H,1-2H3;1-38H. The highest BCUT2D eigenvalue weighted by molar-refractivity contribution is 6.24. The highest BCUT2D eigenvalue weighted by Crippen LogP contribution is 2.51. The van der Waals surface area contributed by atoms with E-state index in [4.69, 9.17) is 19.9 Å². The number of aromatic nitrogens is 8. The Balaban J connectivity index is 0.000000138. The largest absolute Gasteiger partial charge is 0.309 e. The van der Waals surface area contributed by atoms with Crippen LogP contribution >= 0.6 is 0 Å². The van der Waals surface area contributed by atoms with Crippen molar-refractivity contribution >= 4 is 131 Å². The molecule has 0 radical (unpaired) electrons. The molecule has 8 heteroatoms. The first-order chi connectivity index (χ1) is 64.7. The molecule has 0 N–H and O–H groups in total. The summed E-state index contributed by atoms with van der Waals surface area (Å²) < 4.78 is 9.57. The maximum atomic E-state index is 5.36. The van der Waals surface area contributed by atoms with E-state index in [0.717, 1.165) is 89.2 Å². The fourth-order valence-electron chi connectivity index (χ4n) is 21.2. The van der Waals surface area contributed by atoms with Crippen LogP contribution in [-0.4, -0.2) is 38.2 Å². The maximum absolute atomic E-state index is 5.36. The number of rotatable bonds is 11. The summed E-state index contributed by atoms with van der Waals surface area (Å²) in [5, 5.41) is 17.0. The van der Waals surface area contributed by atoms with Gasteiger partial charge < -0.3 is 18.3 Å². The molecule has 0 saturated heterocycles. The van der Waals surface area contributed by atoms with E-state index in [1.807, 2.05) is 12.1 Å². The van der Waals surface area contributed by atoms with Gasteiger partial charge in [0.1, 0.15) is 0 Å². The molecule has 131 heavy (non-hydrogen) atoms. The average Bonchev–Trinajstić information content (AvgIpc) is 1.56. The number of fused-ring (bicyclic) bond motifs is 21. The quantitative estimate of drug-likeness (QED) is 0.129. The zero-order valence-corrected chi connectivity index (χ0v) is 71.8. The van der Waals surface area contributed by atoms with Crippen LogP contribution in [0.2, 0.25) is 0 Å². The Morgan fingerprint density at radius 1 is 0.183 bits per heavy atom. The van der Waals surface area contributed by atoms with Crippen molar-refractivity contribution in [1.29, 1.82) is 0 Å². The van der Waals surface area contributed by atoms with Crippen LogP contribution in [0, 0.1) is 0 Å². The molecule has 0 unspecified atom stereocenters. The second-order valence-corrected chi connectivity index (χ2v) is 35.1. The third kappa shape index (κ3) is 12.2. The molecule has 26 aromatic rings. The van der Waals surface area contributed by atoms with Crippen molar-refractivity contribution in [3.05, 3.63) is 460 Å². The van der Waals surface area contributed by atoms with Crippen molar-refractivity contribution in [2.24, 2.45) is 0 Å². The Hall–Kier alpha value is -17.2. The lowest BCUT2D eigenvalue weighted by molar-refractivity contribution is 0.660. The first-order valence-corrected chi connectivity index (χ1v) is 45.0. The summed E-state index contributed by atoms with van der Waals surface area (Å²) >= 11 is 0. The van der Waals surface area contributed by atoms with E-state index >= 15 is 0 Å². The van der Waals surface area contributed by atoms with E-state index in [1.54, 1.807) is 0 Å². The zero-order valence-electron chi connectivity index (χ0n) is 71.8. The van der Waals surface area contributed by atoms with Gasteiger partial charge in [0, 0.05) is 104 Å². The number of hydrogen-bond acceptors (Lipinski definition) is 4. The Morgan fingerprint density at radius 3 is 0.992 bits per heavy atom. The highest BCUT2D eigenvalue weighted by atomic mass is 15.0. The molecule has 0 bridgehead atoms. The first kappa shape index (κ1) is 75.2. The number of benzene rings is 20. The van der Waals surface area contributed by atoms with Crippen molar-refractivity contribution in [2.45, 2.75) is 19.3 Å². The van der Waals surface area contributed by atoms with Crippen molar-refractivity contribution in [1.82, 2.24) is 38.2 Å². The minimum Gasteiger partial charge on any atom is -0.309 e. The molecular weight excluding hydrogens is 1590 g/mol. The zero-order chi connectivity index (χ0) is 86.5. The van der Waals surface area contributed by atoms with Crippen LogP contribution in [0.25, 0.3) is 243 Å². The molecule has 0 aliphatic heterocycles. The topological polar surface area (TPSA) is 71.3 Å². The molecular formula is C123H80N8. The van der Waals surface area contributed by atoms with Gasteiger partial charge in [0.2, 0.25) is 0 Å². The lowest BCUT2D eigenvalue weighted by Gasteiger charge is -2.22. The minimum atomic E-state index is -0.107. The van der Waals surface area contributed by atoms with Gasteiger partial charge in [-0.25, -0.2) is 19.9 Å². The van der Waals surface area contributed by atoms with Crippen LogP contribution in [0.1, 0.15) is 25.0 Å². The normalized spacial score (nSPS) is 12.4. The van der Waals surface area contributed by atoms with Gasteiger partial charge in [-0.05, 0) is 241 Å². The summed E-state index contributed by atoms with van der Waals surface area (Å²) in [5.41, 5.74) is 34.2. The molecule has 612 valence electrons. The fourth-order valence-corrected chi connectivity index (χ4v) is 21.2. The predicted octanol–water partition coefficient (Wildman–Crippen LogP) is 31.9. The molecule has 6 heterocycles. The summed E-state index contributed by atoms with van der Waals surface area (Å²) in [4.78, 5) is 20.9. The van der Waals surface area contributed by atoms with E-state index in [-0.39, 0.29) is 5.41 Å². The fraction of sp³-hybridized carbons (Fsp3) is 0.0244. The molecule has 0 spiro atoms. The van der Waals surface area contributed by atoms with Gasteiger partial charge in [0.25, 0.3) is 0 Å². The number of nitrogens with zero attached hydrogens (tertiary/aromatic N) is 8. The molecule has 0 amide bonds. The van der Waals surface area contributed by atoms with Gasteiger partial charge in [0.15, 0.2) is 11.6 Å². The van der Waals surface area contributed by atoms with Crippen molar-refractivity contribution in [3.63, 3.8) is 0 Å². The lowest BCUT2D eigenvalue weighted by atomic mass is 9.82. The van der Waals surface area contributed by atoms with Crippen LogP contribution in [0.15, 0.2) is 449 Å². The average molecular weight is 1670 g/mol. The molecule has 8 nitrogen and oxygen atoms in total. The van der Waals surface area contributed by atoms with Crippen molar-refractivity contribution in [2.75, 3.05) is 0 Å². The van der Waals surface area contributed by atoms with E-state index in [9.17, 15) is 0 Å². The Morgan fingerprint density at radius 2 is 0.504 bits per heavy atom. The summed E-state index contributed by atoms with van der Waals surface area (Å²) in [6.45, 7) is 4.66. The van der Waals surface area contributed by atoms with Crippen molar-refractivity contribution in [3.8, 4) is 113 Å². The minimum absolute atomic E-state index is 0.107. The number of hydrogen-bond donors (Lipinski definition) is 0. The third-order valence-corrected chi connectivity index (χ3v) is 27.4. The smallest absolute Gasteiger partial charge is 0.160 e. The second kappa shape index (κ2) is 30.0. The monoisotopic (exact) mass is 1670 g/mol. The lowest BCUT2D eigenvalue weighted by Crippen LogP contribution is -2.14. The SMILES string of the molecule is CC1(C)c2ccccc2-c2ccc(-c3nc(-c4ccc(-n5c6ccc(-c7ccc8c(c7)c7ccccc7n8-c7ccccc7)cc6c6c7ccccc7ccc65)cc4)nc4ccccc34)cc21.c1ccc(-c2ccc(-c3nc(-c4ccc(-n5c6ccc(-c7ccc8c(c7)c7ccccc7n8-c7ccccc7)cc6c6c7ccccc7ccc65)cc4)nc4ccccc34)cc2)cc1. The van der Waals surface area contributed by atoms with E-state index in [1.165, 1.54) is 153 Å². The van der Waals surface area contributed by atoms with Gasteiger partial charge in [0.05, 0.1) is 66.6 Å². The van der Waals surface area contributed by atoms with E-state index in [2.05, 4.69) is 469 Å². The van der Waals surface area contributed by atoms with Crippen LogP contribution in [0.5, 0.6) is 0 Å². The molecule has 1 aliphatic rings. The molecule has 0 atom stereocenters. The summed E-state index contributed by atoms with van der Waals surface area (Å²) in [7, 11) is 0. The van der Waals surface area contributed by atoms with E-state index in [0.29, 0.717) is 11.6 Å². The van der Waals surface area contributed by atoms with Crippen LogP contribution in [0.4, 0.5) is 0 Å². The summed E-state index contributed by atoms with van der Waals surface area (Å²) in [5.74, 6) is 1.42. The molecule has 6 aromatic heterocycles. The predicted molar refractivity (Wildman–Crippen MR) is 547 cm³/mol. The first-order valence-electron chi connectivity index (χ1n) is 45.0. The molecule has 20 aromatic carbocycles. The summed E-state index contributed by atoms with van der Waals surface area (Å²) in [6.07, 6.45) is 0. The van der Waals surface area contributed by atoms with Gasteiger partial charge in [-0.15, -0.1) is 0 Å². The Kier molecular flexibility index (Phi) is 17.2. The number of para-hydroxylation sites is 6. The molecule has 0 fully saturated rings. The Bertz CT molecular complexity index is 9160. The van der Waals surface area contributed by atoms with Crippen molar-refractivity contribution < 1.29 is 0 Å². The van der Waals surface area contributed by atoms with Crippen LogP contribution in [-0.2, 0) is 5.41 Å². The molecule has 1 aliphatic carbocycles.